The van der Waals surface area contributed by atoms with Gasteiger partial charge in [0.1, 0.15) is 16.5 Å². The molecule has 0 N–H and O–H groups in total. The predicted octanol–water partition coefficient (Wildman–Crippen LogP) is 3.86. The first-order valence-corrected chi connectivity index (χ1v) is 7.29. The molecule has 0 radical (unpaired) electrons. The van der Waals surface area contributed by atoms with Crippen LogP contribution in [0.15, 0.2) is 11.4 Å². The Kier molecular flexibility index (Phi) is 3.20. The molecule has 0 atom stereocenters. The normalized spacial score (nSPS) is 11.4. The van der Waals surface area contributed by atoms with Crippen LogP contribution in [0.1, 0.15) is 17.2 Å². The molecule has 3 aromatic rings. The summed E-state index contributed by atoms with van der Waals surface area (Å²) in [6, 6.07) is 1.92. The summed E-state index contributed by atoms with van der Waals surface area (Å²) in [6.07, 6.45) is 0. The van der Waals surface area contributed by atoms with E-state index in [4.69, 9.17) is 23.2 Å². The van der Waals surface area contributed by atoms with Gasteiger partial charge in [-0.05, 0) is 25.3 Å². The molecule has 0 bridgehead atoms. The third kappa shape index (κ3) is 2.22. The minimum Gasteiger partial charge on any atom is -0.260 e. The Morgan fingerprint density at radius 3 is 2.74 bits per heavy atom. The van der Waals surface area contributed by atoms with Gasteiger partial charge in [0.15, 0.2) is 5.82 Å². The van der Waals surface area contributed by atoms with E-state index >= 15 is 0 Å². The first-order chi connectivity index (χ1) is 9.06. The Morgan fingerprint density at radius 1 is 1.26 bits per heavy atom. The van der Waals surface area contributed by atoms with E-state index in [1.807, 2.05) is 25.3 Å². The fourth-order valence-corrected chi connectivity index (χ4v) is 3.12. The lowest BCUT2D eigenvalue weighted by molar-refractivity contribution is 0.634. The first kappa shape index (κ1) is 12.8. The zero-order valence-electron chi connectivity index (χ0n) is 10.3. The highest BCUT2D eigenvalue weighted by atomic mass is 35.5. The molecule has 0 amide bonds. The van der Waals surface area contributed by atoms with Gasteiger partial charge in [-0.25, -0.2) is 9.97 Å². The maximum absolute atomic E-state index is 6.15. The summed E-state index contributed by atoms with van der Waals surface area (Å²) >= 11 is 13.8. The zero-order chi connectivity index (χ0) is 13.6. The molecule has 3 aromatic heterocycles. The number of fused-ring (bicyclic) bond motifs is 1. The van der Waals surface area contributed by atoms with E-state index in [2.05, 4.69) is 15.1 Å². The molecule has 0 saturated heterocycles. The summed E-state index contributed by atoms with van der Waals surface area (Å²) in [7, 11) is 0. The number of nitrogens with zero attached hydrogens (tertiary/aromatic N) is 4. The molecule has 0 unspecified atom stereocenters. The van der Waals surface area contributed by atoms with Gasteiger partial charge in [0, 0.05) is 5.39 Å². The van der Waals surface area contributed by atoms with Crippen LogP contribution in [0.3, 0.4) is 0 Å². The summed E-state index contributed by atoms with van der Waals surface area (Å²) in [5, 5.41) is 8.38. The number of hydrogen-bond donors (Lipinski definition) is 0. The van der Waals surface area contributed by atoms with Gasteiger partial charge < -0.3 is 0 Å². The molecule has 0 saturated carbocycles. The third-order valence-electron chi connectivity index (χ3n) is 2.91. The van der Waals surface area contributed by atoms with Gasteiger partial charge in [-0.1, -0.05) is 23.2 Å². The Bertz CT molecular complexity index is 763. The maximum Gasteiger partial charge on any atom is 0.153 e. The lowest BCUT2D eigenvalue weighted by Crippen LogP contribution is -2.07. The molecule has 7 heteroatoms. The largest absolute Gasteiger partial charge is 0.260 e. The van der Waals surface area contributed by atoms with Crippen LogP contribution in [0.5, 0.6) is 0 Å². The topological polar surface area (TPSA) is 43.6 Å². The Hall–Kier alpha value is -1.17. The quantitative estimate of drug-likeness (QED) is 0.675. The number of aryl methyl sites for hydroxylation is 1. The zero-order valence-corrected chi connectivity index (χ0v) is 12.6. The number of hydrogen-bond acceptors (Lipinski definition) is 4. The van der Waals surface area contributed by atoms with E-state index in [-0.39, 0.29) is 0 Å². The van der Waals surface area contributed by atoms with E-state index in [0.29, 0.717) is 22.5 Å². The molecule has 0 spiro atoms. The smallest absolute Gasteiger partial charge is 0.153 e. The van der Waals surface area contributed by atoms with Crippen LogP contribution in [-0.4, -0.2) is 19.7 Å². The van der Waals surface area contributed by atoms with Gasteiger partial charge in [0.05, 0.1) is 16.4 Å². The van der Waals surface area contributed by atoms with Crippen LogP contribution in [0.4, 0.5) is 0 Å². The highest BCUT2D eigenvalue weighted by Gasteiger charge is 2.12. The molecule has 98 valence electrons. The van der Waals surface area contributed by atoms with Gasteiger partial charge in [0.25, 0.3) is 0 Å². The van der Waals surface area contributed by atoms with Gasteiger partial charge in [-0.15, -0.1) is 11.3 Å². The van der Waals surface area contributed by atoms with E-state index in [1.165, 1.54) is 0 Å². The Labute approximate surface area is 124 Å². The van der Waals surface area contributed by atoms with Crippen LogP contribution in [0.2, 0.25) is 10.2 Å². The second-order valence-electron chi connectivity index (χ2n) is 4.21. The van der Waals surface area contributed by atoms with Gasteiger partial charge >= 0.3 is 0 Å². The van der Waals surface area contributed by atoms with E-state index in [0.717, 1.165) is 21.6 Å². The lowest BCUT2D eigenvalue weighted by atomic mass is 10.4. The number of aromatic nitrogens is 4. The second-order valence-corrected chi connectivity index (χ2v) is 5.84. The van der Waals surface area contributed by atoms with Crippen LogP contribution >= 0.6 is 34.5 Å². The average Bonchev–Trinajstić information content (AvgIpc) is 2.92. The van der Waals surface area contributed by atoms with Crippen molar-refractivity contribution in [3.63, 3.8) is 0 Å². The first-order valence-electron chi connectivity index (χ1n) is 5.65. The minimum absolute atomic E-state index is 0.465. The highest BCUT2D eigenvalue weighted by Crippen LogP contribution is 2.25. The minimum atomic E-state index is 0.465. The summed E-state index contributed by atoms with van der Waals surface area (Å²) in [6.45, 7) is 4.27. The molecule has 0 fully saturated rings. The number of thiophene rings is 1. The Morgan fingerprint density at radius 2 is 2.05 bits per heavy atom. The van der Waals surface area contributed by atoms with Crippen LogP contribution in [0.25, 0.3) is 10.2 Å². The van der Waals surface area contributed by atoms with Crippen molar-refractivity contribution in [1.82, 2.24) is 19.7 Å². The molecule has 19 heavy (non-hydrogen) atoms. The number of halogens is 2. The van der Waals surface area contributed by atoms with Crippen molar-refractivity contribution in [2.75, 3.05) is 0 Å². The van der Waals surface area contributed by atoms with Crippen molar-refractivity contribution in [2.45, 2.75) is 20.4 Å². The molecule has 3 heterocycles. The summed E-state index contributed by atoms with van der Waals surface area (Å²) in [5.74, 6) is 0.641. The molecule has 4 nitrogen and oxygen atoms in total. The van der Waals surface area contributed by atoms with Crippen molar-refractivity contribution in [1.29, 1.82) is 0 Å². The summed E-state index contributed by atoms with van der Waals surface area (Å²) in [5.41, 5.74) is 1.72. The van der Waals surface area contributed by atoms with Crippen molar-refractivity contribution in [3.05, 3.63) is 38.8 Å². The van der Waals surface area contributed by atoms with Crippen molar-refractivity contribution in [2.24, 2.45) is 0 Å². The summed E-state index contributed by atoms with van der Waals surface area (Å²) in [4.78, 5) is 9.69. The SMILES string of the molecule is Cc1nn(Cc2nc(Cl)c3ccsc3n2)c(C)c1Cl. The standard InChI is InChI=1S/C12H10Cl2N4S/c1-6-10(13)7(2)18(17-6)5-9-15-11(14)8-3-4-19-12(8)16-9/h3-4H,5H2,1-2H3. The van der Waals surface area contributed by atoms with E-state index in [9.17, 15) is 0 Å². The fourth-order valence-electron chi connectivity index (χ4n) is 1.89. The number of rotatable bonds is 2. The van der Waals surface area contributed by atoms with Crippen molar-refractivity contribution >= 4 is 44.8 Å². The van der Waals surface area contributed by atoms with Crippen LogP contribution in [0, 0.1) is 13.8 Å². The van der Waals surface area contributed by atoms with E-state index in [1.54, 1.807) is 16.0 Å². The van der Waals surface area contributed by atoms with Crippen molar-refractivity contribution < 1.29 is 0 Å². The molecule has 0 aliphatic rings. The monoisotopic (exact) mass is 312 g/mol. The van der Waals surface area contributed by atoms with Crippen LogP contribution in [-0.2, 0) is 6.54 Å². The lowest BCUT2D eigenvalue weighted by Gasteiger charge is -2.04. The van der Waals surface area contributed by atoms with E-state index < -0.39 is 0 Å². The summed E-state index contributed by atoms with van der Waals surface area (Å²) < 4.78 is 1.79. The molecule has 3 rings (SSSR count). The molecule has 0 aliphatic carbocycles. The molecular weight excluding hydrogens is 303 g/mol. The molecule has 0 aliphatic heterocycles. The van der Waals surface area contributed by atoms with Gasteiger partial charge in [0.2, 0.25) is 0 Å². The molecular formula is C12H10Cl2N4S. The third-order valence-corrected chi connectivity index (χ3v) is 4.55. The van der Waals surface area contributed by atoms with Crippen LogP contribution < -0.4 is 0 Å². The van der Waals surface area contributed by atoms with Crippen molar-refractivity contribution in [3.8, 4) is 0 Å². The predicted molar refractivity (Wildman–Crippen MR) is 78.2 cm³/mol. The average molecular weight is 313 g/mol. The van der Waals surface area contributed by atoms with Gasteiger partial charge in [-0.2, -0.15) is 5.10 Å². The fraction of sp³-hybridized carbons (Fsp3) is 0.250. The van der Waals surface area contributed by atoms with Gasteiger partial charge in [-0.3, -0.25) is 4.68 Å². The highest BCUT2D eigenvalue weighted by molar-refractivity contribution is 7.16. The Balaban J connectivity index is 2.03. The second kappa shape index (κ2) is 4.74. The molecule has 0 aromatic carbocycles. The maximum atomic E-state index is 6.15.